The first-order valence-corrected chi connectivity index (χ1v) is 10.9. The highest BCUT2D eigenvalue weighted by atomic mass is 32.2. The molecule has 0 bridgehead atoms. The van der Waals surface area contributed by atoms with Crippen LogP contribution < -0.4 is 15.2 Å². The van der Waals surface area contributed by atoms with Crippen molar-refractivity contribution < 1.29 is 40.5 Å². The Labute approximate surface area is 177 Å². The van der Waals surface area contributed by atoms with Gasteiger partial charge >= 0.3 is 6.36 Å². The van der Waals surface area contributed by atoms with Crippen LogP contribution in [0, 0.1) is 0 Å². The van der Waals surface area contributed by atoms with E-state index in [1.54, 1.807) is 13.8 Å². The molecule has 0 saturated carbocycles. The van der Waals surface area contributed by atoms with Crippen molar-refractivity contribution in [1.82, 2.24) is 0 Å². The topological polar surface area (TPSA) is 97.1 Å². The van der Waals surface area contributed by atoms with E-state index in [4.69, 9.17) is 19.9 Å². The highest BCUT2D eigenvalue weighted by Gasteiger charge is 2.37. The molecule has 0 aromatic heterocycles. The van der Waals surface area contributed by atoms with Gasteiger partial charge in [-0.3, -0.25) is 0 Å². The van der Waals surface area contributed by atoms with Gasteiger partial charge in [-0.25, -0.2) is 8.42 Å². The van der Waals surface area contributed by atoms with Crippen LogP contribution in [-0.4, -0.2) is 45.1 Å². The van der Waals surface area contributed by atoms with Crippen LogP contribution in [0.5, 0.6) is 17.2 Å². The summed E-state index contributed by atoms with van der Waals surface area (Å²) in [6, 6.07) is 9.68. The molecule has 2 aromatic rings. The van der Waals surface area contributed by atoms with Gasteiger partial charge in [-0.15, -0.1) is 13.2 Å². The van der Waals surface area contributed by atoms with Crippen molar-refractivity contribution in [3.05, 3.63) is 48.5 Å². The summed E-state index contributed by atoms with van der Waals surface area (Å²) in [5.41, 5.74) is 6.02. The van der Waals surface area contributed by atoms with Crippen LogP contribution in [0.4, 0.5) is 13.2 Å². The summed E-state index contributed by atoms with van der Waals surface area (Å²) in [7, 11) is -3.69. The molecule has 31 heavy (non-hydrogen) atoms. The van der Waals surface area contributed by atoms with Crippen molar-refractivity contribution >= 4 is 9.84 Å². The number of sulfone groups is 1. The smallest absolute Gasteiger partial charge is 0.457 e. The fourth-order valence-corrected chi connectivity index (χ4v) is 4.41. The number of hydrogen-bond acceptors (Lipinski definition) is 7. The molecule has 2 aromatic carbocycles. The van der Waals surface area contributed by atoms with Crippen molar-refractivity contribution in [3.8, 4) is 17.2 Å². The fourth-order valence-electron chi connectivity index (χ4n) is 2.94. The van der Waals surface area contributed by atoms with Crippen molar-refractivity contribution in [2.45, 2.75) is 43.0 Å². The zero-order valence-corrected chi connectivity index (χ0v) is 17.6. The van der Waals surface area contributed by atoms with Crippen LogP contribution in [0.25, 0.3) is 0 Å². The van der Waals surface area contributed by atoms with Gasteiger partial charge in [0.25, 0.3) is 0 Å². The molecule has 0 aliphatic carbocycles. The van der Waals surface area contributed by atoms with Crippen molar-refractivity contribution in [2.75, 3.05) is 12.4 Å². The number of alkyl halides is 3. The zero-order chi connectivity index (χ0) is 22.9. The summed E-state index contributed by atoms with van der Waals surface area (Å²) in [6.07, 6.45) is -5.31. The van der Waals surface area contributed by atoms with E-state index in [1.807, 2.05) is 0 Å². The van der Waals surface area contributed by atoms with Crippen LogP contribution >= 0.6 is 0 Å². The van der Waals surface area contributed by atoms with Gasteiger partial charge in [0.15, 0.2) is 15.6 Å². The average molecular weight is 461 g/mol. The van der Waals surface area contributed by atoms with E-state index in [0.29, 0.717) is 5.75 Å². The van der Waals surface area contributed by atoms with E-state index in [-0.39, 0.29) is 28.8 Å². The molecule has 3 rings (SSSR count). The number of rotatable bonds is 7. The Morgan fingerprint density at radius 3 is 2.06 bits per heavy atom. The molecule has 0 unspecified atom stereocenters. The van der Waals surface area contributed by atoms with Crippen LogP contribution in [-0.2, 0) is 19.3 Å². The molecule has 1 aliphatic rings. The molecule has 0 amide bonds. The summed E-state index contributed by atoms with van der Waals surface area (Å²) in [6.45, 7) is 3.66. The second kappa shape index (κ2) is 8.65. The summed E-state index contributed by atoms with van der Waals surface area (Å²) in [5, 5.41) is 0. The van der Waals surface area contributed by atoms with Gasteiger partial charge < -0.3 is 24.7 Å². The minimum Gasteiger partial charge on any atom is -0.457 e. The molecular weight excluding hydrogens is 439 g/mol. The van der Waals surface area contributed by atoms with E-state index in [2.05, 4.69) is 4.74 Å². The third-order valence-electron chi connectivity index (χ3n) is 4.40. The second-order valence-corrected chi connectivity index (χ2v) is 9.44. The standard InChI is InChI=1S/C20H22F3NO6S/c1-19(2)27-11-18(30-19)17(24)12-31(25,26)16-9-7-14(8-10-16)28-13-3-5-15(6-4-13)29-20(21,22)23/h3-10,17-18H,11-12,24H2,1-2H3/t17-,18-/m1/s1. The first-order chi connectivity index (χ1) is 14.3. The molecular formula is C20H22F3NO6S. The molecule has 1 fully saturated rings. The normalized spacial score (nSPS) is 19.7. The molecule has 0 radical (unpaired) electrons. The number of ether oxygens (including phenoxy) is 4. The van der Waals surface area contributed by atoms with E-state index >= 15 is 0 Å². The summed E-state index contributed by atoms with van der Waals surface area (Å²) in [4.78, 5) is 0.0578. The lowest BCUT2D eigenvalue weighted by atomic mass is 10.2. The number of halogens is 3. The lowest BCUT2D eigenvalue weighted by molar-refractivity contribution is -0.274. The Balaban J connectivity index is 1.61. The summed E-state index contributed by atoms with van der Waals surface area (Å²) < 4.78 is 82.3. The maximum Gasteiger partial charge on any atom is 0.573 e. The van der Waals surface area contributed by atoms with Crippen LogP contribution in [0.2, 0.25) is 0 Å². The molecule has 170 valence electrons. The molecule has 11 heteroatoms. The van der Waals surface area contributed by atoms with Gasteiger partial charge in [-0.05, 0) is 62.4 Å². The maximum atomic E-state index is 12.7. The third-order valence-corrected chi connectivity index (χ3v) is 6.21. The first kappa shape index (κ1) is 23.3. The van der Waals surface area contributed by atoms with Gasteiger partial charge in [0.05, 0.1) is 17.3 Å². The Morgan fingerprint density at radius 1 is 1.06 bits per heavy atom. The lowest BCUT2D eigenvalue weighted by Crippen LogP contribution is -2.42. The summed E-state index contributed by atoms with van der Waals surface area (Å²) in [5.74, 6) is -0.937. The van der Waals surface area contributed by atoms with Crippen LogP contribution in [0.3, 0.4) is 0 Å². The largest absolute Gasteiger partial charge is 0.573 e. The molecule has 2 atom stereocenters. The van der Waals surface area contributed by atoms with Gasteiger partial charge in [0.1, 0.15) is 23.4 Å². The van der Waals surface area contributed by atoms with E-state index in [0.717, 1.165) is 12.1 Å². The van der Waals surface area contributed by atoms with Crippen molar-refractivity contribution in [1.29, 1.82) is 0 Å². The Kier molecular flexibility index (Phi) is 6.51. The van der Waals surface area contributed by atoms with Gasteiger partial charge in [-0.1, -0.05) is 0 Å². The van der Waals surface area contributed by atoms with E-state index < -0.39 is 34.1 Å². The van der Waals surface area contributed by atoms with Crippen molar-refractivity contribution in [3.63, 3.8) is 0 Å². The molecule has 2 N–H and O–H groups in total. The number of benzene rings is 2. The van der Waals surface area contributed by atoms with Crippen LogP contribution in [0.15, 0.2) is 53.4 Å². The number of hydrogen-bond donors (Lipinski definition) is 1. The van der Waals surface area contributed by atoms with Crippen molar-refractivity contribution in [2.24, 2.45) is 5.73 Å². The van der Waals surface area contributed by atoms with Gasteiger partial charge in [0.2, 0.25) is 0 Å². The molecule has 1 aliphatic heterocycles. The predicted molar refractivity (Wildman–Crippen MR) is 105 cm³/mol. The quantitative estimate of drug-likeness (QED) is 0.673. The average Bonchev–Trinajstić information content (AvgIpc) is 3.02. The Hall–Kier alpha value is -2.34. The molecule has 1 saturated heterocycles. The molecule has 7 nitrogen and oxygen atoms in total. The fraction of sp³-hybridized carbons (Fsp3) is 0.400. The highest BCUT2D eigenvalue weighted by molar-refractivity contribution is 7.91. The minimum atomic E-state index is -4.78. The summed E-state index contributed by atoms with van der Waals surface area (Å²) >= 11 is 0. The molecule has 0 spiro atoms. The van der Waals surface area contributed by atoms with E-state index in [9.17, 15) is 21.6 Å². The SMILES string of the molecule is CC1(C)OC[C@H]([C@H](N)CS(=O)(=O)c2ccc(Oc3ccc(OC(F)(F)F)cc3)cc2)O1. The Morgan fingerprint density at radius 2 is 1.58 bits per heavy atom. The van der Waals surface area contributed by atoms with Crippen LogP contribution in [0.1, 0.15) is 13.8 Å². The number of nitrogens with two attached hydrogens (primary N) is 1. The maximum absolute atomic E-state index is 12.7. The Bertz CT molecular complexity index is 991. The zero-order valence-electron chi connectivity index (χ0n) is 16.8. The van der Waals surface area contributed by atoms with Gasteiger partial charge in [0, 0.05) is 6.04 Å². The lowest BCUT2D eigenvalue weighted by Gasteiger charge is -2.21. The van der Waals surface area contributed by atoms with Gasteiger partial charge in [-0.2, -0.15) is 0 Å². The second-order valence-electron chi connectivity index (χ2n) is 7.41. The highest BCUT2D eigenvalue weighted by Crippen LogP contribution is 2.29. The minimum absolute atomic E-state index is 0.0578. The third kappa shape index (κ3) is 6.57. The predicted octanol–water partition coefficient (Wildman–Crippen LogP) is 3.63. The monoisotopic (exact) mass is 461 g/mol. The molecule has 1 heterocycles. The van der Waals surface area contributed by atoms with E-state index in [1.165, 1.54) is 36.4 Å². The first-order valence-electron chi connectivity index (χ1n) is 9.27.